The van der Waals surface area contributed by atoms with E-state index in [9.17, 15) is 26.3 Å². The van der Waals surface area contributed by atoms with Crippen LogP contribution in [0.2, 0.25) is 0 Å². The molecule has 0 bridgehead atoms. The first kappa shape index (κ1) is 21.1. The van der Waals surface area contributed by atoms with Crippen LogP contribution in [0.3, 0.4) is 0 Å². The average molecular weight is 423 g/mol. The molecule has 0 saturated heterocycles. The number of halogens is 8. The van der Waals surface area contributed by atoms with Gasteiger partial charge in [0.15, 0.2) is 0 Å². The predicted octanol–water partition coefficient (Wildman–Crippen LogP) is 2.83. The van der Waals surface area contributed by atoms with E-state index < -0.39 is 41.4 Å². The van der Waals surface area contributed by atoms with Crippen LogP contribution in [0.1, 0.15) is 0 Å². The molecule has 1 aliphatic rings. The van der Waals surface area contributed by atoms with Gasteiger partial charge < -0.3 is 0 Å². The minimum atomic E-state index is -5.78. The summed E-state index contributed by atoms with van der Waals surface area (Å²) in [7, 11) is 4.58. The third-order valence-electron chi connectivity index (χ3n) is 2.35. The van der Waals surface area contributed by atoms with E-state index in [2.05, 4.69) is 19.1 Å². The number of alkyl halides is 6. The quantitative estimate of drug-likeness (QED) is 0.131. The van der Waals surface area contributed by atoms with Crippen LogP contribution in [0.25, 0.3) is 0 Å². The van der Waals surface area contributed by atoms with E-state index >= 15 is 0 Å². The molecule has 0 aromatic carbocycles. The second-order valence-electron chi connectivity index (χ2n) is 5.66. The van der Waals surface area contributed by atoms with Crippen LogP contribution in [0.5, 0.6) is 0 Å². The van der Waals surface area contributed by atoms with Gasteiger partial charge in [-0.25, -0.2) is 0 Å². The van der Waals surface area contributed by atoms with Crippen molar-refractivity contribution in [2.75, 3.05) is 34.4 Å². The van der Waals surface area contributed by atoms with Crippen molar-refractivity contribution in [2.24, 2.45) is 10.2 Å². The van der Waals surface area contributed by atoms with Crippen molar-refractivity contribution >= 4 is 40.4 Å². The SMILES string of the molecule is CN(C)/N=C(\O[Si-]1(Cl)(Cl)C[N+](C)(C)N=C(C(F)(F)F)O1)C(F)(F)F. The van der Waals surface area contributed by atoms with Gasteiger partial charge in [-0.1, -0.05) is 0 Å². The number of quaternary nitrogens is 1. The molecule has 0 atom stereocenters. The van der Waals surface area contributed by atoms with Gasteiger partial charge >= 0.3 is 142 Å². The van der Waals surface area contributed by atoms with E-state index in [0.29, 0.717) is 0 Å². The standard InChI is InChI=1S/C9H14Cl2F6N4O2Si/c1-20(2)18-6(8(12,13)14)22-24(10,11)5-21(3,4)19-7(23-24)9(15,16)17/h5H2,1-4H3/b18-6-. The van der Waals surface area contributed by atoms with E-state index in [-0.39, 0.29) is 0 Å². The van der Waals surface area contributed by atoms with Crippen molar-refractivity contribution < 1.29 is 39.8 Å². The Morgan fingerprint density at radius 2 is 1.75 bits per heavy atom. The molecule has 0 aromatic heterocycles. The zero-order chi connectivity index (χ0) is 19.2. The zero-order valence-corrected chi connectivity index (χ0v) is 15.3. The fraction of sp³-hybridized carbons (Fsp3) is 0.778. The van der Waals surface area contributed by atoms with Crippen molar-refractivity contribution in [1.82, 2.24) is 5.01 Å². The van der Waals surface area contributed by atoms with E-state index in [1.807, 2.05) is 0 Å². The Bertz CT molecular complexity index is 575. The fourth-order valence-electron chi connectivity index (χ4n) is 1.79. The van der Waals surface area contributed by atoms with Gasteiger partial charge in [0.25, 0.3) is 0 Å². The van der Waals surface area contributed by atoms with E-state index in [1.54, 1.807) is 0 Å². The van der Waals surface area contributed by atoms with E-state index in [4.69, 9.17) is 22.2 Å². The summed E-state index contributed by atoms with van der Waals surface area (Å²) in [6.45, 7) is -5.78. The summed E-state index contributed by atoms with van der Waals surface area (Å²) >= 11 is 11.8. The monoisotopic (exact) mass is 422 g/mol. The Kier molecular flexibility index (Phi) is 5.11. The average Bonchev–Trinajstić information content (AvgIpc) is 2.20. The van der Waals surface area contributed by atoms with Crippen molar-refractivity contribution in [3.63, 3.8) is 0 Å². The van der Waals surface area contributed by atoms with Gasteiger partial charge in [-0.15, -0.1) is 0 Å². The predicted molar refractivity (Wildman–Crippen MR) is 77.3 cm³/mol. The third-order valence-corrected chi connectivity index (χ3v) is 6.41. The molecule has 0 amide bonds. The molecule has 1 aliphatic heterocycles. The second kappa shape index (κ2) is 5.81. The number of hydrogen-bond donors (Lipinski definition) is 0. The van der Waals surface area contributed by atoms with Crippen LogP contribution in [-0.4, -0.2) is 74.6 Å². The van der Waals surface area contributed by atoms with Gasteiger partial charge in [0.1, 0.15) is 0 Å². The topological polar surface area (TPSA) is 46.4 Å². The van der Waals surface area contributed by atoms with Gasteiger partial charge in [0.2, 0.25) is 0 Å². The van der Waals surface area contributed by atoms with Gasteiger partial charge in [0.05, 0.1) is 0 Å². The molecule has 0 saturated carbocycles. The molecule has 0 fully saturated rings. The molecule has 0 unspecified atom stereocenters. The molecule has 0 radical (unpaired) electrons. The zero-order valence-electron chi connectivity index (χ0n) is 12.8. The molecule has 15 heteroatoms. The summed E-state index contributed by atoms with van der Waals surface area (Å²) in [4.78, 5) is 0. The van der Waals surface area contributed by atoms with Crippen LogP contribution < -0.4 is 0 Å². The maximum absolute atomic E-state index is 13.0. The summed E-state index contributed by atoms with van der Waals surface area (Å²) in [5, 5.41) is 6.98. The Hall–Kier alpha value is -0.923. The molecule has 0 N–H and O–H groups in total. The van der Waals surface area contributed by atoms with Gasteiger partial charge in [-0.05, 0) is 0 Å². The molecule has 0 aromatic rings. The van der Waals surface area contributed by atoms with Crippen molar-refractivity contribution in [2.45, 2.75) is 12.4 Å². The molecule has 6 nitrogen and oxygen atoms in total. The maximum atomic E-state index is 13.0. The molecule has 1 rings (SSSR count). The Balaban J connectivity index is 3.36. The number of hydrazone groups is 1. The van der Waals surface area contributed by atoms with Crippen molar-refractivity contribution in [3.8, 4) is 0 Å². The van der Waals surface area contributed by atoms with Crippen LogP contribution >= 0.6 is 22.2 Å². The van der Waals surface area contributed by atoms with E-state index in [0.717, 1.165) is 33.2 Å². The van der Waals surface area contributed by atoms with Crippen LogP contribution in [0.4, 0.5) is 26.3 Å². The molecule has 24 heavy (non-hydrogen) atoms. The summed E-state index contributed by atoms with van der Waals surface area (Å²) in [5.41, 5.74) is 0. The first-order valence-corrected chi connectivity index (χ1v) is 10.7. The molecule has 142 valence electrons. The van der Waals surface area contributed by atoms with Crippen LogP contribution in [-0.2, 0) is 8.85 Å². The summed E-state index contributed by atoms with van der Waals surface area (Å²) < 4.78 is 85.9. The minimum absolute atomic E-state index is 0.724. The Labute approximate surface area is 142 Å². The van der Waals surface area contributed by atoms with Gasteiger partial charge in [-0.3, -0.25) is 0 Å². The second-order valence-corrected chi connectivity index (χ2v) is 13.6. The van der Waals surface area contributed by atoms with Gasteiger partial charge in [0, 0.05) is 0 Å². The first-order valence-electron chi connectivity index (χ1n) is 6.13. The summed E-state index contributed by atoms with van der Waals surface area (Å²) in [6, 6.07) is 0. The summed E-state index contributed by atoms with van der Waals surface area (Å²) in [6.07, 6.45) is -11.0. The number of hydrogen-bond acceptors (Lipinski definition) is 5. The molecule has 0 spiro atoms. The first-order chi connectivity index (χ1) is 10.3. The third kappa shape index (κ3) is 5.56. The number of nitrogens with zero attached hydrogens (tertiary/aromatic N) is 4. The van der Waals surface area contributed by atoms with Gasteiger partial charge in [-0.2, -0.15) is 0 Å². The molecule has 1 heterocycles. The normalized spacial score (nSPS) is 24.9. The number of rotatable bonds is 2. The Morgan fingerprint density at radius 3 is 2.12 bits per heavy atom. The van der Waals surface area contributed by atoms with Crippen molar-refractivity contribution in [3.05, 3.63) is 0 Å². The van der Waals surface area contributed by atoms with Crippen molar-refractivity contribution in [1.29, 1.82) is 0 Å². The fourth-order valence-corrected chi connectivity index (χ4v) is 6.92. The molecular formula is C9H14Cl2F6N4O2Si. The van der Waals surface area contributed by atoms with E-state index in [1.165, 1.54) is 0 Å². The Morgan fingerprint density at radius 1 is 1.25 bits per heavy atom. The molecular weight excluding hydrogens is 409 g/mol. The van der Waals surface area contributed by atoms with Crippen LogP contribution in [0.15, 0.2) is 10.2 Å². The molecule has 0 aliphatic carbocycles. The summed E-state index contributed by atoms with van der Waals surface area (Å²) in [5.74, 6) is -3.79. The van der Waals surface area contributed by atoms with Crippen LogP contribution in [0, 0.1) is 0 Å².